The Bertz CT molecular complexity index is 1440. The van der Waals surface area contributed by atoms with E-state index < -0.39 is 10.8 Å². The van der Waals surface area contributed by atoms with Crippen LogP contribution < -0.4 is 14.4 Å². The molecule has 220 valence electrons. The summed E-state index contributed by atoms with van der Waals surface area (Å²) in [5, 5.41) is 12.1. The zero-order valence-electron chi connectivity index (χ0n) is 23.3. The lowest BCUT2D eigenvalue weighted by molar-refractivity contribution is -0.629. The molecular weight excluding hydrogens is 542 g/mol. The van der Waals surface area contributed by atoms with Crippen LogP contribution >= 0.6 is 0 Å². The number of imidazole rings is 1. The van der Waals surface area contributed by atoms with Gasteiger partial charge in [-0.05, 0) is 30.3 Å². The number of rotatable bonds is 9. The number of ether oxygens (including phenoxy) is 4. The number of guanidine groups is 1. The Morgan fingerprint density at radius 1 is 1.10 bits per heavy atom. The summed E-state index contributed by atoms with van der Waals surface area (Å²) in [4.78, 5) is 24.1. The third-order valence-electron chi connectivity index (χ3n) is 7.50. The Balaban J connectivity index is 1.08. The van der Waals surface area contributed by atoms with Gasteiger partial charge in [0.25, 0.3) is 5.96 Å². The molecule has 13 nitrogen and oxygen atoms in total. The fraction of sp³-hybridized carbons (Fsp3) is 0.379. The summed E-state index contributed by atoms with van der Waals surface area (Å²) in [6, 6.07) is 15.6. The molecule has 4 heterocycles. The van der Waals surface area contributed by atoms with E-state index in [0.717, 1.165) is 27.8 Å². The molecule has 0 spiro atoms. The molecule has 3 aromatic rings. The largest absolute Gasteiger partial charge is 0.497 e. The van der Waals surface area contributed by atoms with Crippen LogP contribution in [0.5, 0.6) is 11.5 Å². The zero-order chi connectivity index (χ0) is 28.9. The highest BCUT2D eigenvalue weighted by Crippen LogP contribution is 2.38. The molecule has 0 unspecified atom stereocenters. The lowest BCUT2D eigenvalue weighted by Gasteiger charge is -2.38. The standard InChI is InChI=1S/C29H33N7O6/c1-39-25-7-2-5-23(17-25)29(21-32-12-10-30-22-32)41-20-27(42-29)19-40-26-8-3-6-24(18-26)33-13-15-34(16-14-33)28-31-9-4-11-35(28)36(37)38/h2-10,12,17-18,22,27H,11,13-16,19-21H2,1H3/t27-,29+/m1/s1. The first kappa shape index (κ1) is 27.5. The van der Waals surface area contributed by atoms with Crippen LogP contribution in [0.4, 0.5) is 5.69 Å². The van der Waals surface area contributed by atoms with Crippen molar-refractivity contribution in [3.63, 3.8) is 0 Å². The molecule has 1 aromatic heterocycles. The number of hydrogen-bond acceptors (Lipinski definition) is 10. The second-order valence-electron chi connectivity index (χ2n) is 10.2. The molecule has 0 saturated carbocycles. The summed E-state index contributed by atoms with van der Waals surface area (Å²) in [6.45, 7) is 3.98. The molecule has 0 aliphatic carbocycles. The lowest BCUT2D eigenvalue weighted by Crippen LogP contribution is -2.55. The van der Waals surface area contributed by atoms with Crippen LogP contribution in [0.3, 0.4) is 0 Å². The van der Waals surface area contributed by atoms with Crippen molar-refractivity contribution in [3.05, 3.63) is 95.2 Å². The number of hydrazine groups is 1. The normalized spacial score (nSPS) is 22.3. The SMILES string of the molecule is COc1cccc([C@@]2(Cn3ccnc3)OC[C@@H](COc3cccc(N4CCN(C5=NC=CCN5[N+](=O)[O-])CC4)c3)O2)c1. The third-order valence-corrected chi connectivity index (χ3v) is 7.50. The predicted molar refractivity (Wildman–Crippen MR) is 154 cm³/mol. The fourth-order valence-corrected chi connectivity index (χ4v) is 5.38. The Labute approximate surface area is 243 Å². The maximum atomic E-state index is 11.4. The van der Waals surface area contributed by atoms with Gasteiger partial charge < -0.3 is 33.3 Å². The molecule has 42 heavy (non-hydrogen) atoms. The number of anilines is 1. The molecule has 6 rings (SSSR count). The van der Waals surface area contributed by atoms with E-state index >= 15 is 0 Å². The third kappa shape index (κ3) is 5.87. The molecule has 2 atom stereocenters. The second kappa shape index (κ2) is 12.1. The van der Waals surface area contributed by atoms with E-state index in [1.807, 2.05) is 64.2 Å². The van der Waals surface area contributed by atoms with Gasteiger partial charge in [0, 0.05) is 62.1 Å². The summed E-state index contributed by atoms with van der Waals surface area (Å²) in [6.07, 6.45) is 8.35. The van der Waals surface area contributed by atoms with Crippen molar-refractivity contribution in [2.24, 2.45) is 4.99 Å². The van der Waals surface area contributed by atoms with Crippen molar-refractivity contribution in [2.75, 3.05) is 57.9 Å². The first-order valence-corrected chi connectivity index (χ1v) is 13.8. The smallest absolute Gasteiger partial charge is 0.265 e. The van der Waals surface area contributed by atoms with Crippen LogP contribution in [0.15, 0.2) is 84.5 Å². The minimum Gasteiger partial charge on any atom is -0.497 e. The molecule has 0 N–H and O–H groups in total. The van der Waals surface area contributed by atoms with Crippen LogP contribution in [0.2, 0.25) is 0 Å². The molecule has 13 heteroatoms. The van der Waals surface area contributed by atoms with Crippen LogP contribution in [-0.4, -0.2) is 89.6 Å². The van der Waals surface area contributed by atoms with Crippen LogP contribution in [-0.2, 0) is 21.8 Å². The summed E-state index contributed by atoms with van der Waals surface area (Å²) < 4.78 is 26.4. The van der Waals surface area contributed by atoms with Gasteiger partial charge in [0.05, 0.1) is 26.6 Å². The van der Waals surface area contributed by atoms with Crippen molar-refractivity contribution in [3.8, 4) is 11.5 Å². The van der Waals surface area contributed by atoms with E-state index in [0.29, 0.717) is 51.9 Å². The van der Waals surface area contributed by atoms with Gasteiger partial charge in [0.15, 0.2) is 5.03 Å². The summed E-state index contributed by atoms with van der Waals surface area (Å²) >= 11 is 0. The number of aliphatic imine (C=N–C) groups is 1. The topological polar surface area (TPSA) is 120 Å². The molecule has 2 saturated heterocycles. The van der Waals surface area contributed by atoms with Crippen molar-refractivity contribution < 1.29 is 24.0 Å². The highest BCUT2D eigenvalue weighted by Gasteiger charge is 2.44. The summed E-state index contributed by atoms with van der Waals surface area (Å²) in [5.74, 6) is 0.832. The number of aromatic nitrogens is 2. The van der Waals surface area contributed by atoms with E-state index in [4.69, 9.17) is 18.9 Å². The quantitative estimate of drug-likeness (QED) is 0.278. The van der Waals surface area contributed by atoms with Gasteiger partial charge >= 0.3 is 0 Å². The van der Waals surface area contributed by atoms with Gasteiger partial charge in [-0.25, -0.2) is 20.1 Å². The van der Waals surface area contributed by atoms with Crippen LogP contribution in [0.25, 0.3) is 0 Å². The molecule has 0 radical (unpaired) electrons. The first-order chi connectivity index (χ1) is 20.5. The van der Waals surface area contributed by atoms with Gasteiger partial charge in [-0.1, -0.05) is 23.2 Å². The lowest BCUT2D eigenvalue weighted by atomic mass is 10.1. The van der Waals surface area contributed by atoms with E-state index in [2.05, 4.69) is 14.9 Å². The Hall–Kier alpha value is -4.62. The average molecular weight is 576 g/mol. The van der Waals surface area contributed by atoms with E-state index in [1.54, 1.807) is 31.9 Å². The highest BCUT2D eigenvalue weighted by atomic mass is 16.8. The molecule has 3 aliphatic rings. The minimum absolute atomic E-state index is 0.214. The van der Waals surface area contributed by atoms with Crippen LogP contribution in [0.1, 0.15) is 5.56 Å². The summed E-state index contributed by atoms with van der Waals surface area (Å²) in [7, 11) is 1.63. The van der Waals surface area contributed by atoms with Crippen molar-refractivity contribution >= 4 is 11.6 Å². The number of benzene rings is 2. The number of piperazine rings is 1. The monoisotopic (exact) mass is 575 g/mol. The maximum Gasteiger partial charge on any atom is 0.265 e. The van der Waals surface area contributed by atoms with Gasteiger partial charge in [0.2, 0.25) is 5.79 Å². The van der Waals surface area contributed by atoms with E-state index in [-0.39, 0.29) is 12.6 Å². The van der Waals surface area contributed by atoms with Gasteiger partial charge in [-0.2, -0.15) is 0 Å². The molecule has 2 aromatic carbocycles. The van der Waals surface area contributed by atoms with E-state index in [9.17, 15) is 10.1 Å². The van der Waals surface area contributed by atoms with Crippen LogP contribution in [0, 0.1) is 10.1 Å². The highest BCUT2D eigenvalue weighted by molar-refractivity contribution is 5.80. The molecule has 0 amide bonds. The molecule has 2 fully saturated rings. The Morgan fingerprint density at radius 3 is 2.69 bits per heavy atom. The van der Waals surface area contributed by atoms with Crippen molar-refractivity contribution in [1.82, 2.24) is 19.5 Å². The number of hydrogen-bond donors (Lipinski definition) is 0. The number of methoxy groups -OCH3 is 1. The second-order valence-corrected chi connectivity index (χ2v) is 10.2. The molecular formula is C29H33N7O6. The molecule has 3 aliphatic heterocycles. The number of nitrogens with zero attached hydrogens (tertiary/aromatic N) is 7. The minimum atomic E-state index is -1.01. The van der Waals surface area contributed by atoms with Gasteiger partial charge in [-0.15, -0.1) is 0 Å². The molecule has 0 bridgehead atoms. The Kier molecular flexibility index (Phi) is 7.93. The Morgan fingerprint density at radius 2 is 1.90 bits per heavy atom. The fourth-order valence-electron chi connectivity index (χ4n) is 5.38. The van der Waals surface area contributed by atoms with E-state index in [1.165, 1.54) is 0 Å². The van der Waals surface area contributed by atoms with Crippen molar-refractivity contribution in [1.29, 1.82) is 0 Å². The van der Waals surface area contributed by atoms with Crippen molar-refractivity contribution in [2.45, 2.75) is 18.4 Å². The first-order valence-electron chi connectivity index (χ1n) is 13.8. The average Bonchev–Trinajstić information content (AvgIpc) is 3.71. The van der Waals surface area contributed by atoms with Gasteiger partial charge in [-0.3, -0.25) is 0 Å². The van der Waals surface area contributed by atoms with Gasteiger partial charge in [0.1, 0.15) is 30.8 Å². The number of nitro groups is 1. The summed E-state index contributed by atoms with van der Waals surface area (Å²) in [5.41, 5.74) is 1.88. The predicted octanol–water partition coefficient (Wildman–Crippen LogP) is 2.74. The zero-order valence-corrected chi connectivity index (χ0v) is 23.3. The maximum absolute atomic E-state index is 11.4.